The number of aromatic nitrogens is 3. The Morgan fingerprint density at radius 1 is 1.10 bits per heavy atom. The fourth-order valence-corrected chi connectivity index (χ4v) is 6.88. The maximum Gasteiger partial charge on any atom is 0.308 e. The number of rotatable bonds is 7. The second-order valence-corrected chi connectivity index (χ2v) is 13.0. The summed E-state index contributed by atoms with van der Waals surface area (Å²) >= 11 is 2.37. The van der Waals surface area contributed by atoms with Gasteiger partial charge in [0.2, 0.25) is 0 Å². The number of benzene rings is 1. The molecule has 9 nitrogen and oxygen atoms in total. The van der Waals surface area contributed by atoms with Gasteiger partial charge in [-0.05, 0) is 129 Å². The number of carbonyl (C=O) groups is 2. The lowest BCUT2D eigenvalue weighted by molar-refractivity contribution is -0.143. The Kier molecular flexibility index (Phi) is 8.05. The molecule has 1 saturated heterocycles. The Morgan fingerprint density at radius 2 is 1.86 bits per heavy atom. The van der Waals surface area contributed by atoms with Gasteiger partial charge in [-0.2, -0.15) is 0 Å². The first-order valence-corrected chi connectivity index (χ1v) is 15.9. The third-order valence-corrected chi connectivity index (χ3v) is 10.1. The van der Waals surface area contributed by atoms with Crippen molar-refractivity contribution in [3.05, 3.63) is 33.4 Å². The molecule has 2 aromatic heterocycles. The van der Waals surface area contributed by atoms with Gasteiger partial charge in [-0.25, -0.2) is 4.98 Å². The van der Waals surface area contributed by atoms with Crippen LogP contribution in [0.25, 0.3) is 11.0 Å². The molecule has 0 bridgehead atoms. The molecule has 1 aromatic carbocycles. The molecule has 42 heavy (non-hydrogen) atoms. The lowest BCUT2D eigenvalue weighted by Gasteiger charge is -2.29. The zero-order chi connectivity index (χ0) is 29.5. The van der Waals surface area contributed by atoms with Crippen molar-refractivity contribution in [2.75, 3.05) is 22.9 Å². The summed E-state index contributed by atoms with van der Waals surface area (Å²) < 4.78 is 9.20. The number of carbonyl (C=O) groups excluding carboxylic acids is 1. The van der Waals surface area contributed by atoms with Crippen LogP contribution in [0.5, 0.6) is 5.88 Å². The Hall–Kier alpha value is -3.33. The maximum absolute atomic E-state index is 13.7. The van der Waals surface area contributed by atoms with Crippen molar-refractivity contribution in [1.82, 2.24) is 14.8 Å². The molecule has 10 heteroatoms. The number of carboxylic acids is 1. The zero-order valence-electron chi connectivity index (χ0n) is 24.3. The lowest BCUT2D eigenvalue weighted by Crippen LogP contribution is -2.29. The number of halogens is 1. The van der Waals surface area contributed by atoms with Crippen molar-refractivity contribution in [2.24, 2.45) is 24.8 Å². The van der Waals surface area contributed by atoms with Gasteiger partial charge in [-0.15, -0.1) is 5.10 Å². The van der Waals surface area contributed by atoms with Gasteiger partial charge >= 0.3 is 11.9 Å². The van der Waals surface area contributed by atoms with E-state index in [2.05, 4.69) is 63.5 Å². The van der Waals surface area contributed by atoms with Crippen LogP contribution < -0.4 is 14.5 Å². The molecule has 1 amide bonds. The highest BCUT2D eigenvalue weighted by molar-refractivity contribution is 14.1. The summed E-state index contributed by atoms with van der Waals surface area (Å²) in [6.07, 6.45) is 6.15. The largest absolute Gasteiger partial charge is 0.481 e. The minimum absolute atomic E-state index is 0.132. The molecule has 2 saturated carbocycles. The minimum Gasteiger partial charge on any atom is -0.481 e. The zero-order valence-corrected chi connectivity index (χ0v) is 26.4. The van der Waals surface area contributed by atoms with Crippen LogP contribution in [0, 0.1) is 40.1 Å². The highest BCUT2D eigenvalue weighted by Gasteiger charge is 2.37. The SMILES string of the molecule is CC#CC(=O)N(c1ccc2c(n1)c(OC1CCC(C(=O)O)CC1)nn2C)c1cc(C)c(I)cc1N1CC[C@@H](C2CC2)C1. The summed E-state index contributed by atoms with van der Waals surface area (Å²) in [5, 5.41) is 14.0. The molecular formula is C32H36IN5O4. The Balaban J connectivity index is 1.38. The summed E-state index contributed by atoms with van der Waals surface area (Å²) in [5.41, 5.74) is 4.24. The van der Waals surface area contributed by atoms with Gasteiger partial charge in [0.1, 0.15) is 11.9 Å². The number of carboxylic acid groups (broad SMARTS) is 1. The molecule has 3 aliphatic rings. The van der Waals surface area contributed by atoms with Crippen molar-refractivity contribution in [3.8, 4) is 17.7 Å². The molecule has 0 radical (unpaired) electrons. The molecule has 1 atom stereocenters. The van der Waals surface area contributed by atoms with Crippen LogP contribution in [0.3, 0.4) is 0 Å². The summed E-state index contributed by atoms with van der Waals surface area (Å²) in [6.45, 7) is 5.68. The van der Waals surface area contributed by atoms with Crippen LogP contribution in [0.15, 0.2) is 24.3 Å². The average Bonchev–Trinajstić information content (AvgIpc) is 3.62. The number of nitrogens with zero attached hydrogens (tertiary/aromatic N) is 5. The van der Waals surface area contributed by atoms with E-state index in [1.807, 2.05) is 19.2 Å². The summed E-state index contributed by atoms with van der Waals surface area (Å²) in [6, 6.07) is 8.01. The van der Waals surface area contributed by atoms with Crippen LogP contribution >= 0.6 is 22.6 Å². The Labute approximate surface area is 259 Å². The standard InChI is InChI=1S/C32H36IN5O4/c1-4-5-29(39)38(27-16-19(2)24(33)17-26(27)37-15-14-22(18-37)20-6-7-20)28-13-12-25-30(34-28)31(35-36(25)3)42-23-10-8-21(9-11-23)32(40)41/h12-13,16-17,20-23H,6-11,14-15,18H2,1-3H3,(H,40,41)/t21?,22-,23?/m1/s1. The molecule has 0 unspecified atom stereocenters. The number of hydrogen-bond acceptors (Lipinski definition) is 6. The average molecular weight is 682 g/mol. The first-order valence-electron chi connectivity index (χ1n) is 14.8. The van der Waals surface area contributed by atoms with Gasteiger partial charge in [0.05, 0.1) is 22.8 Å². The van der Waals surface area contributed by atoms with Crippen molar-refractivity contribution >= 4 is 62.7 Å². The molecule has 2 aliphatic carbocycles. The molecule has 1 aliphatic heterocycles. The second kappa shape index (κ2) is 11.7. The number of hydrogen-bond donors (Lipinski definition) is 1. The number of fused-ring (bicyclic) bond motifs is 1. The third-order valence-electron chi connectivity index (χ3n) is 8.97. The minimum atomic E-state index is -0.745. The molecule has 6 rings (SSSR count). The monoisotopic (exact) mass is 681 g/mol. The van der Waals surface area contributed by atoms with E-state index in [0.717, 1.165) is 45.0 Å². The van der Waals surface area contributed by atoms with E-state index in [1.165, 1.54) is 19.3 Å². The van der Waals surface area contributed by atoms with E-state index in [-0.39, 0.29) is 17.9 Å². The highest BCUT2D eigenvalue weighted by atomic mass is 127. The molecule has 3 fully saturated rings. The number of anilines is 3. The first kappa shape index (κ1) is 28.8. The van der Waals surface area contributed by atoms with Gasteiger partial charge in [0.15, 0.2) is 5.52 Å². The fraction of sp³-hybridized carbons (Fsp3) is 0.500. The first-order chi connectivity index (χ1) is 20.2. The highest BCUT2D eigenvalue weighted by Crippen LogP contribution is 2.45. The van der Waals surface area contributed by atoms with E-state index >= 15 is 0 Å². The smallest absolute Gasteiger partial charge is 0.308 e. The predicted molar refractivity (Wildman–Crippen MR) is 170 cm³/mol. The van der Waals surface area contributed by atoms with Crippen molar-refractivity contribution in [3.63, 3.8) is 0 Å². The van der Waals surface area contributed by atoms with Gasteiger partial charge < -0.3 is 14.7 Å². The van der Waals surface area contributed by atoms with Crippen LogP contribution in [-0.2, 0) is 16.6 Å². The topological polar surface area (TPSA) is 101 Å². The summed E-state index contributed by atoms with van der Waals surface area (Å²) in [7, 11) is 1.84. The number of aliphatic carboxylic acids is 1. The summed E-state index contributed by atoms with van der Waals surface area (Å²) in [4.78, 5) is 34.1. The molecular weight excluding hydrogens is 645 g/mol. The predicted octanol–water partition coefficient (Wildman–Crippen LogP) is 5.83. The molecule has 3 aromatic rings. The van der Waals surface area contributed by atoms with Crippen molar-refractivity contribution in [2.45, 2.75) is 64.9 Å². The van der Waals surface area contributed by atoms with Gasteiger partial charge in [-0.3, -0.25) is 19.2 Å². The van der Waals surface area contributed by atoms with Gasteiger partial charge in [0.25, 0.3) is 5.88 Å². The Morgan fingerprint density at radius 3 is 2.55 bits per heavy atom. The summed E-state index contributed by atoms with van der Waals surface area (Å²) in [5.74, 6) is 6.52. The van der Waals surface area contributed by atoms with E-state index in [9.17, 15) is 14.7 Å². The fourth-order valence-electron chi connectivity index (χ4n) is 6.43. The molecule has 220 valence electrons. The van der Waals surface area contributed by atoms with Crippen molar-refractivity contribution < 1.29 is 19.4 Å². The number of amides is 1. The maximum atomic E-state index is 13.7. The quantitative estimate of drug-likeness (QED) is 0.248. The number of pyridine rings is 1. The molecule has 3 heterocycles. The van der Waals surface area contributed by atoms with Crippen LogP contribution in [0.2, 0.25) is 0 Å². The van der Waals surface area contributed by atoms with E-state index < -0.39 is 5.97 Å². The van der Waals surface area contributed by atoms with Gasteiger partial charge in [0, 0.05) is 23.7 Å². The van der Waals surface area contributed by atoms with Crippen LogP contribution in [0.1, 0.15) is 57.4 Å². The second-order valence-electron chi connectivity index (χ2n) is 11.8. The normalized spacial score (nSPS) is 22.1. The van der Waals surface area contributed by atoms with Crippen LogP contribution in [-0.4, -0.2) is 50.9 Å². The van der Waals surface area contributed by atoms with Crippen molar-refractivity contribution in [1.29, 1.82) is 0 Å². The van der Waals surface area contributed by atoms with Gasteiger partial charge in [-0.1, -0.05) is 5.92 Å². The van der Waals surface area contributed by atoms with Crippen LogP contribution in [0.4, 0.5) is 17.2 Å². The van der Waals surface area contributed by atoms with E-state index in [0.29, 0.717) is 48.8 Å². The molecule has 0 spiro atoms. The third kappa shape index (κ3) is 5.68. The Bertz CT molecular complexity index is 1600. The van der Waals surface area contributed by atoms with E-state index in [4.69, 9.17) is 9.72 Å². The number of aryl methyl sites for hydroxylation is 2. The molecule has 1 N–H and O–H groups in total. The number of ether oxygens (including phenoxy) is 1. The lowest BCUT2D eigenvalue weighted by atomic mass is 9.87. The van der Waals surface area contributed by atoms with E-state index in [1.54, 1.807) is 16.5 Å².